The Morgan fingerprint density at radius 1 is 1.37 bits per heavy atom. The van der Waals surface area contributed by atoms with Gasteiger partial charge in [-0.05, 0) is 31.7 Å². The number of aryl methyl sites for hydroxylation is 1. The lowest BCUT2D eigenvalue weighted by atomic mass is 10.1. The van der Waals surface area contributed by atoms with Crippen molar-refractivity contribution in [2.75, 3.05) is 14.2 Å². The molecule has 0 saturated carbocycles. The number of methoxy groups -OCH3 is 1. The second kappa shape index (κ2) is 5.67. The van der Waals surface area contributed by atoms with Gasteiger partial charge in [-0.25, -0.2) is 4.98 Å². The zero-order valence-corrected chi connectivity index (χ0v) is 11.3. The molecule has 2 N–H and O–H groups in total. The molecule has 0 aliphatic heterocycles. The SMILES string of the molecule is CNCc1cc(=O)[nH]c(-c2ccc(C)cc2OC)n1. The monoisotopic (exact) mass is 259 g/mol. The Bertz CT molecular complexity index is 635. The van der Waals surface area contributed by atoms with Gasteiger partial charge in [0.2, 0.25) is 0 Å². The van der Waals surface area contributed by atoms with Gasteiger partial charge >= 0.3 is 0 Å². The standard InChI is InChI=1S/C14H17N3O2/c1-9-4-5-11(12(6-9)19-3)14-16-10(8-15-2)7-13(18)17-14/h4-7,15H,8H2,1-3H3,(H,16,17,18). The minimum Gasteiger partial charge on any atom is -0.496 e. The highest BCUT2D eigenvalue weighted by molar-refractivity contribution is 5.64. The van der Waals surface area contributed by atoms with Gasteiger partial charge in [0.1, 0.15) is 11.6 Å². The van der Waals surface area contributed by atoms with Gasteiger partial charge in [0.05, 0.1) is 18.4 Å². The van der Waals surface area contributed by atoms with E-state index in [2.05, 4.69) is 15.3 Å². The quantitative estimate of drug-likeness (QED) is 0.872. The highest BCUT2D eigenvalue weighted by Crippen LogP contribution is 2.27. The van der Waals surface area contributed by atoms with Gasteiger partial charge < -0.3 is 15.0 Å². The van der Waals surface area contributed by atoms with E-state index in [0.29, 0.717) is 23.8 Å². The summed E-state index contributed by atoms with van der Waals surface area (Å²) in [6.07, 6.45) is 0. The molecule has 0 saturated heterocycles. The van der Waals surface area contributed by atoms with Crippen LogP contribution in [-0.2, 0) is 6.54 Å². The predicted octanol–water partition coefficient (Wildman–Crippen LogP) is 1.47. The first-order chi connectivity index (χ1) is 9.13. The Hall–Kier alpha value is -2.14. The van der Waals surface area contributed by atoms with Crippen molar-refractivity contribution in [2.24, 2.45) is 0 Å². The summed E-state index contributed by atoms with van der Waals surface area (Å²) in [5, 5.41) is 2.98. The molecule has 0 aliphatic carbocycles. The lowest BCUT2D eigenvalue weighted by Crippen LogP contribution is -2.15. The van der Waals surface area contributed by atoms with Crippen molar-refractivity contribution in [3.63, 3.8) is 0 Å². The number of H-pyrrole nitrogens is 1. The third kappa shape index (κ3) is 3.00. The largest absolute Gasteiger partial charge is 0.496 e. The lowest BCUT2D eigenvalue weighted by Gasteiger charge is -2.09. The van der Waals surface area contributed by atoms with Crippen molar-refractivity contribution < 1.29 is 4.74 Å². The fraction of sp³-hybridized carbons (Fsp3) is 0.286. The number of nitrogens with zero attached hydrogens (tertiary/aromatic N) is 1. The summed E-state index contributed by atoms with van der Waals surface area (Å²) in [5.41, 5.74) is 2.40. The van der Waals surface area contributed by atoms with Gasteiger partial charge in [-0.15, -0.1) is 0 Å². The van der Waals surface area contributed by atoms with Gasteiger partial charge in [-0.3, -0.25) is 4.79 Å². The Morgan fingerprint density at radius 3 is 2.84 bits per heavy atom. The molecule has 1 aromatic carbocycles. The second-order valence-electron chi connectivity index (χ2n) is 4.32. The van der Waals surface area contributed by atoms with Gasteiger partial charge in [0, 0.05) is 12.6 Å². The van der Waals surface area contributed by atoms with Crippen molar-refractivity contribution in [2.45, 2.75) is 13.5 Å². The predicted molar refractivity (Wildman–Crippen MR) is 74.3 cm³/mol. The topological polar surface area (TPSA) is 67.0 Å². The summed E-state index contributed by atoms with van der Waals surface area (Å²) >= 11 is 0. The summed E-state index contributed by atoms with van der Waals surface area (Å²) in [7, 11) is 3.42. The zero-order valence-electron chi connectivity index (χ0n) is 11.3. The van der Waals surface area contributed by atoms with Crippen LogP contribution >= 0.6 is 0 Å². The van der Waals surface area contributed by atoms with E-state index in [0.717, 1.165) is 11.1 Å². The van der Waals surface area contributed by atoms with Crippen LogP contribution in [0.4, 0.5) is 0 Å². The molecule has 1 heterocycles. The van der Waals surface area contributed by atoms with E-state index in [1.807, 2.05) is 32.2 Å². The molecule has 0 atom stereocenters. The molecule has 19 heavy (non-hydrogen) atoms. The third-order valence-electron chi connectivity index (χ3n) is 2.76. The van der Waals surface area contributed by atoms with E-state index in [4.69, 9.17) is 4.74 Å². The van der Waals surface area contributed by atoms with Crippen LogP contribution in [0, 0.1) is 6.92 Å². The number of rotatable bonds is 4. The molecule has 0 spiro atoms. The Morgan fingerprint density at radius 2 is 2.16 bits per heavy atom. The number of benzene rings is 1. The van der Waals surface area contributed by atoms with E-state index < -0.39 is 0 Å². The molecule has 5 heteroatoms. The van der Waals surface area contributed by atoms with Crippen LogP contribution in [0.2, 0.25) is 0 Å². The Balaban J connectivity index is 2.55. The van der Waals surface area contributed by atoms with Crippen LogP contribution in [-0.4, -0.2) is 24.1 Å². The maximum Gasteiger partial charge on any atom is 0.251 e. The first kappa shape index (κ1) is 13.3. The first-order valence-electron chi connectivity index (χ1n) is 6.04. The highest BCUT2D eigenvalue weighted by Gasteiger charge is 2.09. The molecular weight excluding hydrogens is 242 g/mol. The number of aromatic amines is 1. The fourth-order valence-corrected chi connectivity index (χ4v) is 1.90. The molecular formula is C14H17N3O2. The number of aromatic nitrogens is 2. The molecule has 1 aromatic heterocycles. The summed E-state index contributed by atoms with van der Waals surface area (Å²) in [4.78, 5) is 18.8. The van der Waals surface area contributed by atoms with Crippen molar-refractivity contribution in [1.29, 1.82) is 0 Å². The summed E-state index contributed by atoms with van der Waals surface area (Å²) in [6.45, 7) is 2.53. The Kier molecular flexibility index (Phi) is 3.97. The Labute approximate surface area is 111 Å². The van der Waals surface area contributed by atoms with E-state index in [1.165, 1.54) is 6.07 Å². The van der Waals surface area contributed by atoms with E-state index in [-0.39, 0.29) is 5.56 Å². The van der Waals surface area contributed by atoms with Crippen LogP contribution in [0.15, 0.2) is 29.1 Å². The number of hydrogen-bond acceptors (Lipinski definition) is 4. The fourth-order valence-electron chi connectivity index (χ4n) is 1.90. The van der Waals surface area contributed by atoms with Gasteiger partial charge in [0.15, 0.2) is 0 Å². The zero-order chi connectivity index (χ0) is 13.8. The molecule has 0 amide bonds. The highest BCUT2D eigenvalue weighted by atomic mass is 16.5. The van der Waals surface area contributed by atoms with Crippen LogP contribution < -0.4 is 15.6 Å². The van der Waals surface area contributed by atoms with Crippen LogP contribution in [0.1, 0.15) is 11.3 Å². The van der Waals surface area contributed by atoms with Crippen molar-refractivity contribution in [3.05, 3.63) is 45.9 Å². The summed E-state index contributed by atoms with van der Waals surface area (Å²) in [5.74, 6) is 1.22. The smallest absolute Gasteiger partial charge is 0.251 e. The normalized spacial score (nSPS) is 10.5. The lowest BCUT2D eigenvalue weighted by molar-refractivity contribution is 0.416. The van der Waals surface area contributed by atoms with E-state index in [9.17, 15) is 4.79 Å². The summed E-state index contributed by atoms with van der Waals surface area (Å²) < 4.78 is 5.34. The summed E-state index contributed by atoms with van der Waals surface area (Å²) in [6, 6.07) is 7.26. The molecule has 2 rings (SSSR count). The molecule has 5 nitrogen and oxygen atoms in total. The first-order valence-corrected chi connectivity index (χ1v) is 6.04. The van der Waals surface area contributed by atoms with E-state index in [1.54, 1.807) is 7.11 Å². The van der Waals surface area contributed by atoms with Crippen LogP contribution in [0.25, 0.3) is 11.4 Å². The van der Waals surface area contributed by atoms with Crippen LogP contribution in [0.5, 0.6) is 5.75 Å². The molecule has 0 bridgehead atoms. The average molecular weight is 259 g/mol. The van der Waals surface area contributed by atoms with Crippen molar-refractivity contribution >= 4 is 0 Å². The molecule has 0 aliphatic rings. The number of nitrogens with one attached hydrogen (secondary N) is 2. The maximum absolute atomic E-state index is 11.7. The molecule has 0 radical (unpaired) electrons. The maximum atomic E-state index is 11.7. The minimum atomic E-state index is -0.169. The minimum absolute atomic E-state index is 0.169. The van der Waals surface area contributed by atoms with Gasteiger partial charge in [0.25, 0.3) is 5.56 Å². The molecule has 0 fully saturated rings. The van der Waals surface area contributed by atoms with Crippen molar-refractivity contribution in [3.8, 4) is 17.1 Å². The van der Waals surface area contributed by atoms with E-state index >= 15 is 0 Å². The van der Waals surface area contributed by atoms with Gasteiger partial charge in [-0.2, -0.15) is 0 Å². The van der Waals surface area contributed by atoms with Gasteiger partial charge in [-0.1, -0.05) is 6.07 Å². The number of ether oxygens (including phenoxy) is 1. The number of hydrogen-bond donors (Lipinski definition) is 2. The third-order valence-corrected chi connectivity index (χ3v) is 2.76. The van der Waals surface area contributed by atoms with Crippen molar-refractivity contribution in [1.82, 2.24) is 15.3 Å². The molecule has 100 valence electrons. The second-order valence-corrected chi connectivity index (χ2v) is 4.32. The average Bonchev–Trinajstić information content (AvgIpc) is 2.38. The van der Waals surface area contributed by atoms with Crippen LogP contribution in [0.3, 0.4) is 0 Å². The molecule has 2 aromatic rings. The molecule has 0 unspecified atom stereocenters.